The second-order valence-electron chi connectivity index (χ2n) is 30.6. The number of hydrogen-bond acceptors (Lipinski definition) is 15. The van der Waals surface area contributed by atoms with Crippen LogP contribution in [0.5, 0.6) is 0 Å². The maximum atomic E-state index is 13.1. The summed E-state index contributed by atoms with van der Waals surface area (Å²) in [6, 6.07) is 0. The first-order valence-electron chi connectivity index (χ1n) is 41.8. The fourth-order valence-corrected chi connectivity index (χ4v) is 14.1. The molecule has 0 rings (SSSR count). The minimum absolute atomic E-state index is 0.105. The number of unbranched alkanes of at least 4 members (excludes halogenated alkanes) is 47. The van der Waals surface area contributed by atoms with Crippen molar-refractivity contribution in [3.05, 3.63) is 0 Å². The zero-order chi connectivity index (χ0) is 73.7. The Morgan fingerprint density at radius 2 is 0.460 bits per heavy atom. The molecule has 0 aromatic heterocycles. The third-order valence-electron chi connectivity index (χ3n) is 18.9. The van der Waals surface area contributed by atoms with Gasteiger partial charge < -0.3 is 33.8 Å². The topological polar surface area (TPSA) is 237 Å². The van der Waals surface area contributed by atoms with Gasteiger partial charge in [-0.05, 0) is 43.4 Å². The normalized spacial score (nSPS) is 14.0. The van der Waals surface area contributed by atoms with Crippen molar-refractivity contribution < 1.29 is 80.2 Å². The molecule has 2 unspecified atom stereocenters. The monoisotopic (exact) mass is 1470 g/mol. The van der Waals surface area contributed by atoms with Crippen LogP contribution in [-0.2, 0) is 65.4 Å². The van der Waals surface area contributed by atoms with E-state index in [2.05, 4.69) is 48.5 Å². The van der Waals surface area contributed by atoms with Gasteiger partial charge in [0.2, 0.25) is 0 Å². The molecule has 0 aliphatic heterocycles. The molecule has 0 amide bonds. The number of phosphoric ester groups is 2. The van der Waals surface area contributed by atoms with Crippen LogP contribution in [-0.4, -0.2) is 96.7 Å². The Balaban J connectivity index is 5.20. The summed E-state index contributed by atoms with van der Waals surface area (Å²) in [7, 11) is -9.92. The number of hydrogen-bond donors (Lipinski definition) is 3. The molecule has 0 heterocycles. The summed E-state index contributed by atoms with van der Waals surface area (Å²) in [5.74, 6) is 0.232. The maximum absolute atomic E-state index is 13.1. The average molecular weight is 1470 g/mol. The van der Waals surface area contributed by atoms with Crippen molar-refractivity contribution in [2.75, 3.05) is 39.6 Å². The lowest BCUT2D eigenvalue weighted by Crippen LogP contribution is -2.30. The number of aliphatic hydroxyl groups is 1. The average Bonchev–Trinajstić information content (AvgIpc) is 0.920. The lowest BCUT2D eigenvalue weighted by Gasteiger charge is -2.21. The van der Waals surface area contributed by atoms with Gasteiger partial charge in [0, 0.05) is 25.7 Å². The molecule has 19 heteroatoms. The first kappa shape index (κ1) is 98.1. The van der Waals surface area contributed by atoms with Gasteiger partial charge in [0.05, 0.1) is 26.4 Å². The Kier molecular flexibility index (Phi) is 69.9. The SMILES string of the molecule is CCCCCCCCCCCCC(=O)OC[C@H](COP(=O)(O)OC[C@H](O)COP(=O)(O)OC[C@@H](COC(=O)CCCCCCCCCCCCCCCCCC(C)C)OC(=O)CCCCCCCCCCCCCCCCCCCCC(C)C)OC(=O)CCCCCCCCCCC(C)C. The van der Waals surface area contributed by atoms with Gasteiger partial charge >= 0.3 is 39.5 Å². The number of carbonyl (C=O) groups excluding carboxylic acids is 4. The predicted molar refractivity (Wildman–Crippen MR) is 409 cm³/mol. The lowest BCUT2D eigenvalue weighted by molar-refractivity contribution is -0.161. The van der Waals surface area contributed by atoms with E-state index < -0.39 is 97.5 Å². The van der Waals surface area contributed by atoms with Crippen LogP contribution in [0.15, 0.2) is 0 Å². The van der Waals surface area contributed by atoms with Crippen LogP contribution < -0.4 is 0 Å². The van der Waals surface area contributed by atoms with E-state index in [0.29, 0.717) is 25.7 Å². The number of carbonyl (C=O) groups is 4. The van der Waals surface area contributed by atoms with Crippen LogP contribution >= 0.6 is 15.6 Å². The number of ether oxygens (including phenoxy) is 4. The smallest absolute Gasteiger partial charge is 0.462 e. The van der Waals surface area contributed by atoms with E-state index in [-0.39, 0.29) is 25.7 Å². The van der Waals surface area contributed by atoms with Crippen molar-refractivity contribution >= 4 is 39.5 Å². The van der Waals surface area contributed by atoms with Crippen LogP contribution in [0.2, 0.25) is 0 Å². The van der Waals surface area contributed by atoms with E-state index in [4.69, 9.17) is 37.0 Å². The molecule has 0 fully saturated rings. The van der Waals surface area contributed by atoms with E-state index in [9.17, 15) is 43.2 Å². The summed E-state index contributed by atoms with van der Waals surface area (Å²) in [5.41, 5.74) is 0. The van der Waals surface area contributed by atoms with Crippen molar-refractivity contribution in [1.82, 2.24) is 0 Å². The predicted octanol–water partition coefficient (Wildman–Crippen LogP) is 24.1. The van der Waals surface area contributed by atoms with Gasteiger partial charge in [-0.15, -0.1) is 0 Å². The Morgan fingerprint density at radius 3 is 0.680 bits per heavy atom. The van der Waals surface area contributed by atoms with Crippen molar-refractivity contribution in [3.63, 3.8) is 0 Å². The van der Waals surface area contributed by atoms with E-state index in [0.717, 1.165) is 108 Å². The van der Waals surface area contributed by atoms with Gasteiger partial charge in [0.15, 0.2) is 12.2 Å². The van der Waals surface area contributed by atoms with Crippen LogP contribution in [0.4, 0.5) is 0 Å². The van der Waals surface area contributed by atoms with Crippen molar-refractivity contribution in [2.24, 2.45) is 17.8 Å². The molecule has 0 aliphatic carbocycles. The molecule has 17 nitrogen and oxygen atoms in total. The molecule has 0 saturated carbocycles. The third-order valence-corrected chi connectivity index (χ3v) is 20.8. The molecule has 3 N–H and O–H groups in total. The van der Waals surface area contributed by atoms with Gasteiger partial charge in [-0.2, -0.15) is 0 Å². The number of esters is 4. The molecule has 0 bridgehead atoms. The molecule has 0 spiro atoms. The highest BCUT2D eigenvalue weighted by atomic mass is 31.2. The summed E-state index contributed by atoms with van der Waals surface area (Å²) in [4.78, 5) is 72.9. The number of aliphatic hydroxyl groups excluding tert-OH is 1. The highest BCUT2D eigenvalue weighted by Crippen LogP contribution is 2.45. The Morgan fingerprint density at radius 1 is 0.270 bits per heavy atom. The standard InChI is InChI=1S/C81H158O17P2/c1-8-9-10-11-12-13-33-41-48-55-62-78(83)91-69-77(98-81(86)65-58-51-44-37-36-40-47-54-61-74(6)7)71-96-100(89,90)94-67-75(82)66-93-99(87,88)95-70-76(68-92-79(84)63-56-49-42-34-29-25-22-18-20-24-28-32-39-46-53-60-73(4)5)97-80(85)64-57-50-43-35-30-26-21-17-15-14-16-19-23-27-31-38-45-52-59-72(2)3/h72-77,82H,8-71H2,1-7H3,(H,87,88)(H,89,90)/t75-,76-,77-/m1/s1. The second kappa shape index (κ2) is 71.3. The lowest BCUT2D eigenvalue weighted by atomic mass is 10.0. The van der Waals surface area contributed by atoms with E-state index in [1.165, 1.54) is 231 Å². The summed E-state index contributed by atoms with van der Waals surface area (Å²) >= 11 is 0. The minimum Gasteiger partial charge on any atom is -0.462 e. The molecule has 0 aromatic rings. The van der Waals surface area contributed by atoms with Gasteiger partial charge in [-0.3, -0.25) is 37.3 Å². The number of phosphoric acid groups is 2. The fraction of sp³-hybridized carbons (Fsp3) is 0.951. The molecule has 0 saturated heterocycles. The summed E-state index contributed by atoms with van der Waals surface area (Å²) in [6.07, 6.45) is 59.8. The highest BCUT2D eigenvalue weighted by Gasteiger charge is 2.30. The van der Waals surface area contributed by atoms with Crippen LogP contribution in [0.1, 0.15) is 421 Å². The molecule has 100 heavy (non-hydrogen) atoms. The van der Waals surface area contributed by atoms with E-state index in [1.54, 1.807) is 0 Å². The van der Waals surface area contributed by atoms with Gasteiger partial charge in [0.1, 0.15) is 19.3 Å². The van der Waals surface area contributed by atoms with Crippen molar-refractivity contribution in [2.45, 2.75) is 439 Å². The zero-order valence-electron chi connectivity index (χ0n) is 65.7. The first-order chi connectivity index (χ1) is 48.2. The van der Waals surface area contributed by atoms with Gasteiger partial charge in [0.25, 0.3) is 0 Å². The van der Waals surface area contributed by atoms with Gasteiger partial charge in [-0.1, -0.05) is 370 Å². The van der Waals surface area contributed by atoms with Crippen LogP contribution in [0.3, 0.4) is 0 Å². The molecule has 0 aliphatic rings. The third kappa shape index (κ3) is 74.3. The zero-order valence-corrected chi connectivity index (χ0v) is 67.5. The summed E-state index contributed by atoms with van der Waals surface area (Å²) in [6.45, 7) is 11.9. The quantitative estimate of drug-likeness (QED) is 0.0222. The summed E-state index contributed by atoms with van der Waals surface area (Å²) < 4.78 is 68.6. The summed E-state index contributed by atoms with van der Waals surface area (Å²) in [5, 5.41) is 10.6. The Hall–Kier alpha value is -1.94. The fourth-order valence-electron chi connectivity index (χ4n) is 12.5. The van der Waals surface area contributed by atoms with E-state index in [1.807, 2.05) is 0 Å². The molecular formula is C81H158O17P2. The molecule has 0 radical (unpaired) electrons. The second-order valence-corrected chi connectivity index (χ2v) is 33.5. The van der Waals surface area contributed by atoms with Crippen LogP contribution in [0.25, 0.3) is 0 Å². The Bertz CT molecular complexity index is 1940. The largest absolute Gasteiger partial charge is 0.472 e. The van der Waals surface area contributed by atoms with Crippen molar-refractivity contribution in [3.8, 4) is 0 Å². The molecular weight excluding hydrogens is 1310 g/mol. The number of rotatable bonds is 79. The minimum atomic E-state index is -4.96. The van der Waals surface area contributed by atoms with Gasteiger partial charge in [-0.25, -0.2) is 9.13 Å². The molecule has 0 aromatic carbocycles. The molecule has 594 valence electrons. The Labute approximate surface area is 613 Å². The van der Waals surface area contributed by atoms with Crippen LogP contribution in [0, 0.1) is 17.8 Å². The van der Waals surface area contributed by atoms with Crippen molar-refractivity contribution in [1.29, 1.82) is 0 Å². The highest BCUT2D eigenvalue weighted by molar-refractivity contribution is 7.47. The first-order valence-corrected chi connectivity index (χ1v) is 44.8. The van der Waals surface area contributed by atoms with E-state index >= 15 is 0 Å². The maximum Gasteiger partial charge on any atom is 0.472 e. The molecule has 5 atom stereocenters.